The molecular weight excluding hydrogens is 383 g/mol. The molecule has 152 valence electrons. The van der Waals surface area contributed by atoms with Crippen LogP contribution in [0.25, 0.3) is 0 Å². The molecule has 1 aromatic heterocycles. The molecule has 0 radical (unpaired) electrons. The maximum absolute atomic E-state index is 12.5. The van der Waals surface area contributed by atoms with Crippen LogP contribution in [0.4, 0.5) is 18.0 Å². The average Bonchev–Trinajstić information content (AvgIpc) is 2.95. The van der Waals surface area contributed by atoms with E-state index in [1.165, 1.54) is 0 Å². The van der Waals surface area contributed by atoms with Gasteiger partial charge in [-0.15, -0.1) is 11.3 Å². The summed E-state index contributed by atoms with van der Waals surface area (Å²) in [5.41, 5.74) is -1.39. The molecule has 0 spiro atoms. The number of carbonyl (C=O) groups is 1. The lowest BCUT2D eigenvalue weighted by atomic mass is 10.1. The maximum atomic E-state index is 12.5. The molecule has 1 fully saturated rings. The van der Waals surface area contributed by atoms with Crippen molar-refractivity contribution in [2.24, 2.45) is 4.99 Å². The van der Waals surface area contributed by atoms with Crippen molar-refractivity contribution < 1.29 is 22.7 Å². The van der Waals surface area contributed by atoms with E-state index < -0.39 is 17.5 Å². The molecule has 0 aliphatic carbocycles. The van der Waals surface area contributed by atoms with Crippen LogP contribution in [0.1, 0.15) is 31.5 Å². The van der Waals surface area contributed by atoms with Gasteiger partial charge >= 0.3 is 12.3 Å². The zero-order valence-corrected chi connectivity index (χ0v) is 16.5. The number of guanidine groups is 1. The Balaban J connectivity index is 1.70. The van der Waals surface area contributed by atoms with Gasteiger partial charge in [-0.25, -0.2) is 9.78 Å². The van der Waals surface area contributed by atoms with Crippen molar-refractivity contribution in [3.8, 4) is 0 Å². The van der Waals surface area contributed by atoms with Gasteiger partial charge in [0.15, 0.2) is 11.7 Å². The number of halogens is 3. The number of hydrogen-bond acceptors (Lipinski definition) is 5. The number of likely N-dealkylation sites (tertiary alicyclic amines) is 1. The average molecular weight is 407 g/mol. The van der Waals surface area contributed by atoms with Crippen LogP contribution in [-0.2, 0) is 17.3 Å². The number of hydrogen-bond donors (Lipinski definition) is 2. The van der Waals surface area contributed by atoms with Crippen LogP contribution in [-0.4, -0.2) is 60.3 Å². The van der Waals surface area contributed by atoms with Crippen LogP contribution in [0.15, 0.2) is 10.4 Å². The van der Waals surface area contributed by atoms with Crippen LogP contribution in [0.2, 0.25) is 0 Å². The third-order valence-corrected chi connectivity index (χ3v) is 4.48. The summed E-state index contributed by atoms with van der Waals surface area (Å²) < 4.78 is 42.9. The lowest BCUT2D eigenvalue weighted by molar-refractivity contribution is -0.140. The van der Waals surface area contributed by atoms with Gasteiger partial charge in [0.25, 0.3) is 0 Å². The van der Waals surface area contributed by atoms with Gasteiger partial charge in [0, 0.05) is 38.5 Å². The predicted octanol–water partition coefficient (Wildman–Crippen LogP) is 2.49. The van der Waals surface area contributed by atoms with Crippen molar-refractivity contribution in [2.75, 3.05) is 26.7 Å². The van der Waals surface area contributed by atoms with Gasteiger partial charge in [0.1, 0.15) is 5.60 Å². The normalized spacial score (nSPS) is 16.1. The molecule has 2 N–H and O–H groups in total. The van der Waals surface area contributed by atoms with Crippen LogP contribution in [0.3, 0.4) is 0 Å². The molecule has 1 aromatic rings. The summed E-state index contributed by atoms with van der Waals surface area (Å²) in [7, 11) is 1.60. The number of ether oxygens (including phenoxy) is 1. The number of alkyl halides is 3. The largest absolute Gasteiger partial charge is 0.444 e. The molecule has 1 aliphatic heterocycles. The lowest BCUT2D eigenvalue weighted by Crippen LogP contribution is -2.63. The van der Waals surface area contributed by atoms with Crippen molar-refractivity contribution in [3.63, 3.8) is 0 Å². The number of nitrogens with zero attached hydrogens (tertiary/aromatic N) is 3. The molecule has 0 unspecified atom stereocenters. The van der Waals surface area contributed by atoms with E-state index in [-0.39, 0.29) is 12.1 Å². The topological polar surface area (TPSA) is 78.9 Å². The van der Waals surface area contributed by atoms with E-state index in [2.05, 4.69) is 20.6 Å². The number of amides is 1. The standard InChI is InChI=1S/C16H24F3N5O2S/c1-15(2,3)26-14(25)24-7-10(8-24)22-13(20-4)21-6-5-12-23-11(9-27-12)16(17,18)19/h9-10H,5-8H2,1-4H3,(H2,20,21,22). The molecule has 0 bridgehead atoms. The highest BCUT2D eigenvalue weighted by Crippen LogP contribution is 2.30. The highest BCUT2D eigenvalue weighted by atomic mass is 32.1. The first kappa shape index (κ1) is 21.3. The highest BCUT2D eigenvalue weighted by molar-refractivity contribution is 7.09. The first-order valence-electron chi connectivity index (χ1n) is 8.44. The Kier molecular flexibility index (Phi) is 6.55. The molecule has 7 nitrogen and oxygen atoms in total. The second-order valence-electron chi connectivity index (χ2n) is 7.10. The fourth-order valence-corrected chi connectivity index (χ4v) is 3.08. The first-order chi connectivity index (χ1) is 12.5. The molecular formula is C16H24F3N5O2S. The first-order valence-corrected chi connectivity index (χ1v) is 9.32. The molecule has 0 aromatic carbocycles. The summed E-state index contributed by atoms with van der Waals surface area (Å²) in [6.45, 7) is 6.83. The van der Waals surface area contributed by atoms with E-state index in [0.29, 0.717) is 37.0 Å². The highest BCUT2D eigenvalue weighted by Gasteiger charge is 2.34. The van der Waals surface area contributed by atoms with Gasteiger partial charge in [-0.3, -0.25) is 4.99 Å². The van der Waals surface area contributed by atoms with E-state index in [4.69, 9.17) is 4.74 Å². The Labute approximate surface area is 160 Å². The number of thiazole rings is 1. The van der Waals surface area contributed by atoms with Crippen LogP contribution < -0.4 is 10.6 Å². The summed E-state index contributed by atoms with van der Waals surface area (Å²) in [4.78, 5) is 21.1. The van der Waals surface area contributed by atoms with Gasteiger partial charge in [-0.05, 0) is 20.8 Å². The number of rotatable bonds is 4. The Hall–Kier alpha value is -2.04. The minimum atomic E-state index is -4.41. The van der Waals surface area contributed by atoms with Crippen molar-refractivity contribution in [1.29, 1.82) is 0 Å². The smallest absolute Gasteiger partial charge is 0.434 e. The summed E-state index contributed by atoms with van der Waals surface area (Å²) in [6, 6.07) is 0.0420. The van der Waals surface area contributed by atoms with Crippen LogP contribution in [0, 0.1) is 0 Å². The van der Waals surface area contributed by atoms with E-state index in [1.807, 2.05) is 20.8 Å². The third kappa shape index (κ3) is 6.56. The molecule has 1 saturated heterocycles. The quantitative estimate of drug-likeness (QED) is 0.592. The van der Waals surface area contributed by atoms with Gasteiger partial charge in [-0.2, -0.15) is 13.2 Å². The Morgan fingerprint density at radius 2 is 2.07 bits per heavy atom. The number of carbonyl (C=O) groups excluding carboxylic acids is 1. The Morgan fingerprint density at radius 1 is 1.41 bits per heavy atom. The number of aromatic nitrogens is 1. The van der Waals surface area contributed by atoms with E-state index in [0.717, 1.165) is 16.7 Å². The number of aliphatic imine (C=N–C) groups is 1. The van der Waals surface area contributed by atoms with E-state index in [9.17, 15) is 18.0 Å². The summed E-state index contributed by atoms with van der Waals surface area (Å²) in [5, 5.41) is 7.62. The molecule has 2 rings (SSSR count). The molecule has 27 heavy (non-hydrogen) atoms. The van der Waals surface area contributed by atoms with Gasteiger partial charge < -0.3 is 20.3 Å². The Bertz CT molecular complexity index is 678. The molecule has 1 amide bonds. The summed E-state index contributed by atoms with van der Waals surface area (Å²) in [5.74, 6) is 0.524. The predicted molar refractivity (Wildman–Crippen MR) is 96.9 cm³/mol. The van der Waals surface area contributed by atoms with Crippen LogP contribution in [0.5, 0.6) is 0 Å². The fraction of sp³-hybridized carbons (Fsp3) is 0.688. The van der Waals surface area contributed by atoms with Crippen molar-refractivity contribution >= 4 is 23.4 Å². The van der Waals surface area contributed by atoms with Gasteiger partial charge in [0.05, 0.1) is 11.0 Å². The molecule has 0 atom stereocenters. The zero-order chi connectivity index (χ0) is 20.2. The Morgan fingerprint density at radius 3 is 2.59 bits per heavy atom. The third-order valence-electron chi connectivity index (χ3n) is 3.57. The summed E-state index contributed by atoms with van der Waals surface area (Å²) >= 11 is 0.984. The zero-order valence-electron chi connectivity index (χ0n) is 15.7. The summed E-state index contributed by atoms with van der Waals surface area (Å²) in [6.07, 6.45) is -4.41. The maximum Gasteiger partial charge on any atom is 0.434 e. The van der Waals surface area contributed by atoms with Gasteiger partial charge in [-0.1, -0.05) is 0 Å². The second-order valence-corrected chi connectivity index (χ2v) is 8.04. The molecule has 1 aliphatic rings. The van der Waals surface area contributed by atoms with E-state index >= 15 is 0 Å². The van der Waals surface area contributed by atoms with Gasteiger partial charge in [0.2, 0.25) is 0 Å². The van der Waals surface area contributed by atoms with Crippen LogP contribution >= 0.6 is 11.3 Å². The second kappa shape index (κ2) is 8.32. The SMILES string of the molecule is CN=C(NCCc1nc(C(F)(F)F)cs1)NC1CN(C(=O)OC(C)(C)C)C1. The minimum Gasteiger partial charge on any atom is -0.444 e. The van der Waals surface area contributed by atoms with E-state index in [1.54, 1.807) is 11.9 Å². The molecule has 11 heteroatoms. The van der Waals surface area contributed by atoms with Crippen molar-refractivity contribution in [3.05, 3.63) is 16.1 Å². The lowest BCUT2D eigenvalue weighted by Gasteiger charge is -2.40. The molecule has 2 heterocycles. The monoisotopic (exact) mass is 407 g/mol. The fourth-order valence-electron chi connectivity index (χ4n) is 2.28. The minimum absolute atomic E-state index is 0.0420. The van der Waals surface area contributed by atoms with Crippen molar-refractivity contribution in [2.45, 2.75) is 45.0 Å². The number of nitrogens with one attached hydrogen (secondary N) is 2. The molecule has 0 saturated carbocycles. The van der Waals surface area contributed by atoms with Crippen molar-refractivity contribution in [1.82, 2.24) is 20.5 Å².